The zero-order valence-corrected chi connectivity index (χ0v) is 8.59. The molecule has 2 rings (SSSR count). The van der Waals surface area contributed by atoms with Crippen molar-refractivity contribution in [3.05, 3.63) is 30.7 Å². The molecule has 0 aliphatic carbocycles. The second-order valence-corrected chi connectivity index (χ2v) is 3.32. The predicted molar refractivity (Wildman–Crippen MR) is 57.4 cm³/mol. The summed E-state index contributed by atoms with van der Waals surface area (Å²) in [4.78, 5) is 8.34. The first-order valence-corrected chi connectivity index (χ1v) is 4.98. The summed E-state index contributed by atoms with van der Waals surface area (Å²) in [6, 6.07) is 3.32. The smallest absolute Gasteiger partial charge is 0.162 e. The van der Waals surface area contributed by atoms with Crippen LogP contribution in [0.1, 0.15) is 13.3 Å². The van der Waals surface area contributed by atoms with Gasteiger partial charge in [0.1, 0.15) is 11.4 Å². The van der Waals surface area contributed by atoms with E-state index in [1.165, 1.54) is 0 Å². The summed E-state index contributed by atoms with van der Waals surface area (Å²) < 4.78 is 1.99. The van der Waals surface area contributed by atoms with E-state index in [1.807, 2.05) is 10.8 Å². The van der Waals surface area contributed by atoms with E-state index in [0.29, 0.717) is 5.69 Å². The molecule has 15 heavy (non-hydrogen) atoms. The van der Waals surface area contributed by atoms with Crippen molar-refractivity contribution >= 4 is 0 Å². The summed E-state index contributed by atoms with van der Waals surface area (Å²) >= 11 is 0. The Morgan fingerprint density at radius 1 is 1.33 bits per heavy atom. The summed E-state index contributed by atoms with van der Waals surface area (Å²) in [7, 11) is 0. The van der Waals surface area contributed by atoms with Gasteiger partial charge in [-0.05, 0) is 18.6 Å². The monoisotopic (exact) mass is 203 g/mol. The average Bonchev–Trinajstić information content (AvgIpc) is 2.67. The van der Waals surface area contributed by atoms with E-state index in [1.54, 1.807) is 24.5 Å². The van der Waals surface area contributed by atoms with E-state index in [4.69, 9.17) is 0 Å². The van der Waals surface area contributed by atoms with Crippen LogP contribution >= 0.6 is 0 Å². The van der Waals surface area contributed by atoms with Crippen molar-refractivity contribution in [2.45, 2.75) is 19.9 Å². The molecule has 0 aliphatic heterocycles. The van der Waals surface area contributed by atoms with Crippen LogP contribution in [0.15, 0.2) is 30.7 Å². The number of pyridine rings is 1. The van der Waals surface area contributed by atoms with Crippen molar-refractivity contribution in [2.24, 2.45) is 0 Å². The highest BCUT2D eigenvalue weighted by Gasteiger charge is 2.10. The maximum absolute atomic E-state index is 9.66. The van der Waals surface area contributed by atoms with Crippen molar-refractivity contribution in [3.63, 3.8) is 0 Å². The molecule has 0 amide bonds. The number of imidazole rings is 1. The number of nitrogens with zero attached hydrogens (tertiary/aromatic N) is 3. The largest absolute Gasteiger partial charge is 0.506 e. The zero-order valence-electron chi connectivity index (χ0n) is 8.59. The van der Waals surface area contributed by atoms with Crippen molar-refractivity contribution in [1.82, 2.24) is 14.5 Å². The number of hydrogen-bond donors (Lipinski definition) is 1. The summed E-state index contributed by atoms with van der Waals surface area (Å²) in [5.41, 5.74) is 0.538. The molecular weight excluding hydrogens is 190 g/mol. The second-order valence-electron chi connectivity index (χ2n) is 3.32. The third-order valence-electron chi connectivity index (χ3n) is 2.18. The van der Waals surface area contributed by atoms with E-state index in [-0.39, 0.29) is 5.75 Å². The molecule has 0 bridgehead atoms. The summed E-state index contributed by atoms with van der Waals surface area (Å²) in [6.45, 7) is 2.98. The molecule has 78 valence electrons. The van der Waals surface area contributed by atoms with Gasteiger partial charge in [-0.15, -0.1) is 0 Å². The van der Waals surface area contributed by atoms with Crippen LogP contribution in [-0.2, 0) is 6.54 Å². The fourth-order valence-electron chi connectivity index (χ4n) is 1.52. The first kappa shape index (κ1) is 9.71. The quantitative estimate of drug-likeness (QED) is 0.830. The molecule has 0 aliphatic rings. The Morgan fingerprint density at radius 2 is 2.20 bits per heavy atom. The van der Waals surface area contributed by atoms with Crippen LogP contribution in [-0.4, -0.2) is 19.6 Å². The number of hydrogen-bond acceptors (Lipinski definition) is 3. The number of aromatic nitrogens is 3. The molecule has 1 N–H and O–H groups in total. The molecule has 2 heterocycles. The molecule has 0 unspecified atom stereocenters. The number of rotatable bonds is 3. The van der Waals surface area contributed by atoms with Gasteiger partial charge in [0.05, 0.1) is 0 Å². The topological polar surface area (TPSA) is 50.9 Å². The van der Waals surface area contributed by atoms with E-state index >= 15 is 0 Å². The minimum atomic E-state index is 0.168. The lowest BCUT2D eigenvalue weighted by Crippen LogP contribution is -1.99. The standard InChI is InChI=1S/C11H13N3O/c1-2-7-14-8-6-13-11(14)10-9(15)4-3-5-12-10/h3-6,8,15H,2,7H2,1H3. The van der Waals surface area contributed by atoms with Gasteiger partial charge < -0.3 is 9.67 Å². The Hall–Kier alpha value is -1.84. The molecule has 0 spiro atoms. The van der Waals surface area contributed by atoms with Crippen LogP contribution in [0.4, 0.5) is 0 Å². The maximum Gasteiger partial charge on any atom is 0.162 e. The summed E-state index contributed by atoms with van der Waals surface area (Å²) in [5, 5.41) is 9.66. The van der Waals surface area contributed by atoms with Gasteiger partial charge in [-0.25, -0.2) is 9.97 Å². The molecule has 2 aromatic rings. The highest BCUT2D eigenvalue weighted by atomic mass is 16.3. The highest BCUT2D eigenvalue weighted by molar-refractivity contribution is 5.58. The minimum absolute atomic E-state index is 0.168. The summed E-state index contributed by atoms with van der Waals surface area (Å²) in [5.74, 6) is 0.885. The summed E-state index contributed by atoms with van der Waals surface area (Å²) in [6.07, 6.45) is 6.29. The Morgan fingerprint density at radius 3 is 2.93 bits per heavy atom. The van der Waals surface area contributed by atoms with Crippen LogP contribution in [0.5, 0.6) is 5.75 Å². The molecule has 0 radical (unpaired) electrons. The molecule has 0 saturated carbocycles. The van der Waals surface area contributed by atoms with Crippen LogP contribution < -0.4 is 0 Å². The molecular formula is C11H13N3O. The number of aryl methyl sites for hydroxylation is 1. The normalized spacial score (nSPS) is 10.5. The minimum Gasteiger partial charge on any atom is -0.506 e. The van der Waals surface area contributed by atoms with Gasteiger partial charge >= 0.3 is 0 Å². The van der Waals surface area contributed by atoms with Gasteiger partial charge in [-0.2, -0.15) is 0 Å². The highest BCUT2D eigenvalue weighted by Crippen LogP contribution is 2.24. The van der Waals surface area contributed by atoms with Gasteiger partial charge in [0.15, 0.2) is 5.82 Å². The lowest BCUT2D eigenvalue weighted by molar-refractivity contribution is 0.474. The maximum atomic E-state index is 9.66. The van der Waals surface area contributed by atoms with Crippen molar-refractivity contribution in [2.75, 3.05) is 0 Å². The Balaban J connectivity index is 2.45. The van der Waals surface area contributed by atoms with E-state index < -0.39 is 0 Å². The van der Waals surface area contributed by atoms with Gasteiger partial charge in [-0.1, -0.05) is 6.92 Å². The molecule has 4 heteroatoms. The first-order valence-electron chi connectivity index (χ1n) is 4.98. The van der Waals surface area contributed by atoms with Crippen LogP contribution in [0.25, 0.3) is 11.5 Å². The van der Waals surface area contributed by atoms with Gasteiger partial charge in [0.25, 0.3) is 0 Å². The van der Waals surface area contributed by atoms with E-state index in [2.05, 4.69) is 16.9 Å². The van der Waals surface area contributed by atoms with E-state index in [9.17, 15) is 5.11 Å². The Bertz CT molecular complexity index is 451. The lowest BCUT2D eigenvalue weighted by atomic mass is 10.3. The fraction of sp³-hybridized carbons (Fsp3) is 0.273. The Kier molecular flexibility index (Phi) is 2.67. The van der Waals surface area contributed by atoms with Crippen molar-refractivity contribution in [1.29, 1.82) is 0 Å². The average molecular weight is 203 g/mol. The molecule has 4 nitrogen and oxygen atoms in total. The molecule has 0 fully saturated rings. The SMILES string of the molecule is CCCn1ccnc1-c1ncccc1O. The molecule has 0 atom stereocenters. The van der Waals surface area contributed by atoms with Gasteiger partial charge in [0.2, 0.25) is 0 Å². The van der Waals surface area contributed by atoms with Crippen molar-refractivity contribution in [3.8, 4) is 17.3 Å². The first-order chi connectivity index (χ1) is 7.33. The number of aromatic hydroxyl groups is 1. The van der Waals surface area contributed by atoms with Crippen LogP contribution in [0.3, 0.4) is 0 Å². The van der Waals surface area contributed by atoms with Gasteiger partial charge in [0, 0.05) is 25.1 Å². The van der Waals surface area contributed by atoms with Crippen molar-refractivity contribution < 1.29 is 5.11 Å². The molecule has 0 aromatic carbocycles. The Labute approximate surface area is 88.2 Å². The lowest BCUT2D eigenvalue weighted by Gasteiger charge is -2.06. The molecule has 0 saturated heterocycles. The third-order valence-corrected chi connectivity index (χ3v) is 2.18. The fourth-order valence-corrected chi connectivity index (χ4v) is 1.52. The second kappa shape index (κ2) is 4.13. The predicted octanol–water partition coefficient (Wildman–Crippen LogP) is 2.06. The molecule has 2 aromatic heterocycles. The zero-order chi connectivity index (χ0) is 10.7. The van der Waals surface area contributed by atoms with Crippen LogP contribution in [0.2, 0.25) is 0 Å². The van der Waals surface area contributed by atoms with Gasteiger partial charge in [-0.3, -0.25) is 0 Å². The third kappa shape index (κ3) is 1.83. The van der Waals surface area contributed by atoms with Crippen LogP contribution in [0, 0.1) is 0 Å². The van der Waals surface area contributed by atoms with E-state index in [0.717, 1.165) is 18.8 Å².